The topological polar surface area (TPSA) is 72.2 Å². The molecule has 0 spiro atoms. The molecule has 0 aliphatic carbocycles. The van der Waals surface area contributed by atoms with Crippen LogP contribution in [0.15, 0.2) is 54.6 Å². The number of ketones is 1. The predicted molar refractivity (Wildman–Crippen MR) is 88.4 cm³/mol. The Morgan fingerprint density at radius 3 is 2.36 bits per heavy atom. The quantitative estimate of drug-likeness (QED) is 0.860. The van der Waals surface area contributed by atoms with Crippen molar-refractivity contribution in [1.82, 2.24) is 0 Å². The molecule has 3 N–H and O–H groups in total. The zero-order valence-electron chi connectivity index (χ0n) is 12.6. The molecular weight excluding hydrogens is 276 g/mol. The summed E-state index contributed by atoms with van der Waals surface area (Å²) in [5.41, 5.74) is 8.41. The normalized spacial score (nSPS) is 11.7. The number of carbonyl (C=O) groups is 2. The standard InChI is InChI=1S/C18H20N2O2/c1-13(21)16(19)11-12-18(22)20-17-10-6-5-9-15(17)14-7-3-2-4-8-14/h2-10,16H,11-12,19H2,1H3,(H,20,22)/t16-/m0/s1. The first-order chi connectivity index (χ1) is 10.6. The van der Waals surface area contributed by atoms with Crippen LogP contribution in [0, 0.1) is 0 Å². The molecule has 4 heteroatoms. The van der Waals surface area contributed by atoms with Crippen LogP contribution in [0.1, 0.15) is 19.8 Å². The van der Waals surface area contributed by atoms with E-state index in [1.807, 2.05) is 54.6 Å². The Kier molecular flexibility index (Phi) is 5.44. The maximum absolute atomic E-state index is 12.0. The van der Waals surface area contributed by atoms with Gasteiger partial charge in [0.2, 0.25) is 5.91 Å². The largest absolute Gasteiger partial charge is 0.326 e. The van der Waals surface area contributed by atoms with Crippen molar-refractivity contribution in [3.05, 3.63) is 54.6 Å². The molecule has 0 bridgehead atoms. The van der Waals surface area contributed by atoms with Crippen LogP contribution in [-0.2, 0) is 9.59 Å². The summed E-state index contributed by atoms with van der Waals surface area (Å²) in [6, 6.07) is 16.9. The van der Waals surface area contributed by atoms with Gasteiger partial charge in [-0.05, 0) is 25.0 Å². The van der Waals surface area contributed by atoms with Gasteiger partial charge in [0.25, 0.3) is 0 Å². The summed E-state index contributed by atoms with van der Waals surface area (Å²) in [4.78, 5) is 23.1. The highest BCUT2D eigenvalue weighted by Gasteiger charge is 2.12. The third kappa shape index (κ3) is 4.27. The molecule has 0 saturated carbocycles. The lowest BCUT2D eigenvalue weighted by Gasteiger charge is -2.12. The van der Waals surface area contributed by atoms with Crippen molar-refractivity contribution in [3.8, 4) is 11.1 Å². The molecule has 0 aliphatic rings. The Balaban J connectivity index is 2.07. The predicted octanol–water partition coefficient (Wildman–Crippen LogP) is 2.99. The maximum atomic E-state index is 12.0. The summed E-state index contributed by atoms with van der Waals surface area (Å²) in [5.74, 6) is -0.238. The smallest absolute Gasteiger partial charge is 0.224 e. The van der Waals surface area contributed by atoms with Crippen molar-refractivity contribution in [2.45, 2.75) is 25.8 Å². The summed E-state index contributed by atoms with van der Waals surface area (Å²) in [5, 5.41) is 2.90. The van der Waals surface area contributed by atoms with E-state index >= 15 is 0 Å². The van der Waals surface area contributed by atoms with E-state index in [0.29, 0.717) is 6.42 Å². The minimum Gasteiger partial charge on any atom is -0.326 e. The first-order valence-electron chi connectivity index (χ1n) is 7.28. The summed E-state index contributed by atoms with van der Waals surface area (Å²) < 4.78 is 0. The molecule has 114 valence electrons. The number of rotatable bonds is 6. The Morgan fingerprint density at radius 1 is 1.05 bits per heavy atom. The lowest BCUT2D eigenvalue weighted by Crippen LogP contribution is -2.29. The zero-order valence-corrected chi connectivity index (χ0v) is 12.6. The van der Waals surface area contributed by atoms with Crippen molar-refractivity contribution >= 4 is 17.4 Å². The minimum absolute atomic E-state index is 0.0996. The molecule has 2 aromatic carbocycles. The van der Waals surface area contributed by atoms with Gasteiger partial charge in [-0.2, -0.15) is 0 Å². The molecule has 0 unspecified atom stereocenters. The highest BCUT2D eigenvalue weighted by atomic mass is 16.1. The molecule has 0 fully saturated rings. The number of nitrogens with one attached hydrogen (secondary N) is 1. The number of para-hydroxylation sites is 1. The first-order valence-corrected chi connectivity index (χ1v) is 7.28. The average Bonchev–Trinajstić information content (AvgIpc) is 2.54. The van der Waals surface area contributed by atoms with Gasteiger partial charge in [-0.1, -0.05) is 48.5 Å². The van der Waals surface area contributed by atoms with E-state index in [-0.39, 0.29) is 18.1 Å². The van der Waals surface area contributed by atoms with E-state index in [9.17, 15) is 9.59 Å². The molecule has 0 saturated heterocycles. The Bertz CT molecular complexity index is 653. The van der Waals surface area contributed by atoms with Crippen molar-refractivity contribution in [2.75, 3.05) is 5.32 Å². The fraction of sp³-hybridized carbons (Fsp3) is 0.222. The van der Waals surface area contributed by atoms with Crippen LogP contribution >= 0.6 is 0 Å². The second-order valence-corrected chi connectivity index (χ2v) is 5.22. The number of hydrogen-bond donors (Lipinski definition) is 2. The molecule has 2 rings (SSSR count). The van der Waals surface area contributed by atoms with Gasteiger partial charge in [0.1, 0.15) is 5.78 Å². The zero-order chi connectivity index (χ0) is 15.9. The molecule has 22 heavy (non-hydrogen) atoms. The molecule has 2 aromatic rings. The number of benzene rings is 2. The van der Waals surface area contributed by atoms with E-state index in [0.717, 1.165) is 16.8 Å². The molecule has 0 heterocycles. The van der Waals surface area contributed by atoms with Crippen LogP contribution in [0.5, 0.6) is 0 Å². The van der Waals surface area contributed by atoms with Crippen molar-refractivity contribution in [1.29, 1.82) is 0 Å². The van der Waals surface area contributed by atoms with Crippen LogP contribution in [0.4, 0.5) is 5.69 Å². The van der Waals surface area contributed by atoms with Gasteiger partial charge in [-0.25, -0.2) is 0 Å². The van der Waals surface area contributed by atoms with Crippen LogP contribution in [-0.4, -0.2) is 17.7 Å². The summed E-state index contributed by atoms with van der Waals surface area (Å²) >= 11 is 0. The Labute approximate surface area is 130 Å². The monoisotopic (exact) mass is 296 g/mol. The van der Waals surface area contributed by atoms with E-state index < -0.39 is 6.04 Å². The number of nitrogens with two attached hydrogens (primary N) is 1. The second-order valence-electron chi connectivity index (χ2n) is 5.22. The third-order valence-corrected chi connectivity index (χ3v) is 3.49. The van der Waals surface area contributed by atoms with Crippen LogP contribution < -0.4 is 11.1 Å². The fourth-order valence-electron chi connectivity index (χ4n) is 2.16. The van der Waals surface area contributed by atoms with Gasteiger partial charge >= 0.3 is 0 Å². The minimum atomic E-state index is -0.574. The molecule has 1 amide bonds. The second kappa shape index (κ2) is 7.52. The molecule has 0 aliphatic heterocycles. The molecule has 0 aromatic heterocycles. The first kappa shape index (κ1) is 15.9. The van der Waals surface area contributed by atoms with E-state index in [2.05, 4.69) is 5.32 Å². The summed E-state index contributed by atoms with van der Waals surface area (Å²) in [6.45, 7) is 1.44. The number of hydrogen-bond acceptors (Lipinski definition) is 3. The van der Waals surface area contributed by atoms with E-state index in [1.165, 1.54) is 6.92 Å². The Morgan fingerprint density at radius 2 is 1.68 bits per heavy atom. The molecule has 0 radical (unpaired) electrons. The number of anilines is 1. The molecular formula is C18H20N2O2. The SMILES string of the molecule is CC(=O)[C@@H](N)CCC(=O)Nc1ccccc1-c1ccccc1. The van der Waals surface area contributed by atoms with Gasteiger partial charge < -0.3 is 11.1 Å². The van der Waals surface area contributed by atoms with Gasteiger partial charge in [0.15, 0.2) is 0 Å². The maximum Gasteiger partial charge on any atom is 0.224 e. The summed E-state index contributed by atoms with van der Waals surface area (Å²) in [7, 11) is 0. The van der Waals surface area contributed by atoms with Crippen molar-refractivity contribution < 1.29 is 9.59 Å². The molecule has 1 atom stereocenters. The highest BCUT2D eigenvalue weighted by Crippen LogP contribution is 2.27. The lowest BCUT2D eigenvalue weighted by molar-refractivity contribution is -0.119. The molecule has 4 nitrogen and oxygen atoms in total. The Hall–Kier alpha value is -2.46. The van der Waals surface area contributed by atoms with Gasteiger partial charge in [-0.15, -0.1) is 0 Å². The van der Waals surface area contributed by atoms with E-state index in [4.69, 9.17) is 5.73 Å². The van der Waals surface area contributed by atoms with Gasteiger partial charge in [-0.3, -0.25) is 9.59 Å². The highest BCUT2D eigenvalue weighted by molar-refractivity contribution is 5.95. The van der Waals surface area contributed by atoms with Crippen molar-refractivity contribution in [2.24, 2.45) is 5.73 Å². The van der Waals surface area contributed by atoms with Crippen LogP contribution in [0.3, 0.4) is 0 Å². The van der Waals surface area contributed by atoms with Gasteiger partial charge in [0, 0.05) is 17.7 Å². The number of amides is 1. The fourth-order valence-corrected chi connectivity index (χ4v) is 2.16. The third-order valence-electron chi connectivity index (χ3n) is 3.49. The number of carbonyl (C=O) groups excluding carboxylic acids is 2. The van der Waals surface area contributed by atoms with Crippen molar-refractivity contribution in [3.63, 3.8) is 0 Å². The van der Waals surface area contributed by atoms with E-state index in [1.54, 1.807) is 0 Å². The van der Waals surface area contributed by atoms with Crippen LogP contribution in [0.25, 0.3) is 11.1 Å². The average molecular weight is 296 g/mol. The van der Waals surface area contributed by atoms with Gasteiger partial charge in [0.05, 0.1) is 6.04 Å². The summed E-state index contributed by atoms with van der Waals surface area (Å²) in [6.07, 6.45) is 0.582. The lowest BCUT2D eigenvalue weighted by atomic mass is 10.0. The number of Topliss-reactive ketones (excluding diaryl/α,β-unsaturated/α-hetero) is 1. The van der Waals surface area contributed by atoms with Crippen LogP contribution in [0.2, 0.25) is 0 Å².